The molecule has 0 aliphatic heterocycles. The van der Waals surface area contributed by atoms with E-state index >= 15 is 0 Å². The zero-order valence-corrected chi connectivity index (χ0v) is 13.4. The Morgan fingerprint density at radius 1 is 1.17 bits per heavy atom. The van der Waals surface area contributed by atoms with Crippen molar-refractivity contribution in [2.24, 2.45) is 0 Å². The number of nitrogens with zero attached hydrogens (tertiary/aromatic N) is 1. The second kappa shape index (κ2) is 7.09. The Kier molecular flexibility index (Phi) is 5.14. The van der Waals surface area contributed by atoms with Gasteiger partial charge >= 0.3 is 11.7 Å². The van der Waals surface area contributed by atoms with Crippen LogP contribution in [0.2, 0.25) is 0 Å². The molecule has 0 saturated carbocycles. The van der Waals surface area contributed by atoms with Crippen LogP contribution in [0, 0.1) is 10.1 Å². The van der Waals surface area contributed by atoms with Gasteiger partial charge in [-0.15, -0.1) is 0 Å². The number of benzene rings is 2. The highest BCUT2D eigenvalue weighted by atomic mass is 32.2. The fourth-order valence-corrected chi connectivity index (χ4v) is 3.50. The number of nitro benzene ring substituents is 1. The second-order valence-electron chi connectivity index (χ2n) is 4.66. The van der Waals surface area contributed by atoms with Crippen molar-refractivity contribution in [2.45, 2.75) is 9.79 Å². The van der Waals surface area contributed by atoms with Crippen molar-refractivity contribution in [3.63, 3.8) is 0 Å². The standard InChI is InChI=1S/C15H14N2O6S/c1-23-14(18)10-16-12-8-5-9-13(15(12)17(19)20)24(21,22)11-6-3-2-4-7-11/h2-9,16H,10H2,1H3. The van der Waals surface area contributed by atoms with E-state index in [1.54, 1.807) is 6.07 Å². The topological polar surface area (TPSA) is 116 Å². The second-order valence-corrected chi connectivity index (χ2v) is 6.57. The van der Waals surface area contributed by atoms with E-state index in [1.807, 2.05) is 0 Å². The van der Waals surface area contributed by atoms with Crippen LogP contribution in [-0.2, 0) is 19.4 Å². The minimum atomic E-state index is -4.08. The fourth-order valence-electron chi connectivity index (χ4n) is 2.04. The van der Waals surface area contributed by atoms with Gasteiger partial charge in [-0.2, -0.15) is 0 Å². The van der Waals surface area contributed by atoms with Crippen molar-refractivity contribution in [3.8, 4) is 0 Å². The SMILES string of the molecule is COC(=O)CNc1cccc(S(=O)(=O)c2ccccc2)c1[N+](=O)[O-]. The van der Waals surface area contributed by atoms with Crippen LogP contribution in [0.1, 0.15) is 0 Å². The Bertz CT molecular complexity index is 865. The summed E-state index contributed by atoms with van der Waals surface area (Å²) in [6, 6.07) is 11.2. The number of hydrogen-bond donors (Lipinski definition) is 1. The van der Waals surface area contributed by atoms with Gasteiger partial charge in [0.15, 0.2) is 4.90 Å². The molecule has 2 rings (SSSR count). The molecule has 0 aromatic heterocycles. The van der Waals surface area contributed by atoms with E-state index in [0.29, 0.717) is 0 Å². The number of carbonyl (C=O) groups excluding carboxylic acids is 1. The Morgan fingerprint density at radius 2 is 1.83 bits per heavy atom. The molecular weight excluding hydrogens is 336 g/mol. The summed E-state index contributed by atoms with van der Waals surface area (Å²) in [6.45, 7) is -0.327. The molecule has 0 amide bonds. The number of rotatable bonds is 6. The summed E-state index contributed by atoms with van der Waals surface area (Å²) >= 11 is 0. The number of nitro groups is 1. The van der Waals surface area contributed by atoms with E-state index in [2.05, 4.69) is 10.1 Å². The Hall–Kier alpha value is -2.94. The van der Waals surface area contributed by atoms with Crippen molar-refractivity contribution in [3.05, 3.63) is 58.6 Å². The molecule has 8 nitrogen and oxygen atoms in total. The summed E-state index contributed by atoms with van der Waals surface area (Å²) in [5.74, 6) is -0.638. The van der Waals surface area contributed by atoms with Crippen molar-refractivity contribution < 1.29 is 22.9 Å². The van der Waals surface area contributed by atoms with Gasteiger partial charge in [-0.3, -0.25) is 14.9 Å². The van der Waals surface area contributed by atoms with Crippen LogP contribution < -0.4 is 5.32 Å². The first kappa shape index (κ1) is 17.4. The number of anilines is 1. The number of hydrogen-bond acceptors (Lipinski definition) is 7. The maximum atomic E-state index is 12.7. The highest BCUT2D eigenvalue weighted by Gasteiger charge is 2.30. The van der Waals surface area contributed by atoms with Gasteiger partial charge in [0, 0.05) is 0 Å². The van der Waals surface area contributed by atoms with Gasteiger partial charge in [-0.25, -0.2) is 8.42 Å². The van der Waals surface area contributed by atoms with Gasteiger partial charge in [-0.1, -0.05) is 24.3 Å². The lowest BCUT2D eigenvalue weighted by atomic mass is 10.2. The smallest absolute Gasteiger partial charge is 0.325 e. The van der Waals surface area contributed by atoms with E-state index in [-0.39, 0.29) is 17.1 Å². The maximum Gasteiger partial charge on any atom is 0.325 e. The van der Waals surface area contributed by atoms with Crippen LogP contribution in [0.15, 0.2) is 58.3 Å². The number of sulfone groups is 1. The predicted molar refractivity (Wildman–Crippen MR) is 85.5 cm³/mol. The Morgan fingerprint density at radius 3 is 2.42 bits per heavy atom. The summed E-state index contributed by atoms with van der Waals surface area (Å²) in [5, 5.41) is 13.9. The zero-order valence-electron chi connectivity index (χ0n) is 12.6. The van der Waals surface area contributed by atoms with Crippen molar-refractivity contribution in [1.82, 2.24) is 0 Å². The molecule has 0 aliphatic rings. The number of para-hydroxylation sites is 1. The minimum absolute atomic E-state index is 0.0572. The normalized spacial score (nSPS) is 10.9. The number of ether oxygens (including phenoxy) is 1. The Labute approximate surface area is 138 Å². The number of nitrogens with one attached hydrogen (secondary N) is 1. The number of carbonyl (C=O) groups is 1. The summed E-state index contributed by atoms with van der Waals surface area (Å²) in [6.07, 6.45) is 0. The van der Waals surface area contributed by atoms with E-state index in [4.69, 9.17) is 0 Å². The molecule has 0 radical (unpaired) electrons. The van der Waals surface area contributed by atoms with E-state index in [0.717, 1.165) is 6.07 Å². The molecule has 9 heteroatoms. The molecule has 0 heterocycles. The quantitative estimate of drug-likeness (QED) is 0.481. The molecule has 24 heavy (non-hydrogen) atoms. The largest absolute Gasteiger partial charge is 0.468 e. The number of esters is 1. The summed E-state index contributed by atoms with van der Waals surface area (Å²) in [7, 11) is -2.90. The molecule has 0 fully saturated rings. The highest BCUT2D eigenvalue weighted by molar-refractivity contribution is 7.91. The van der Waals surface area contributed by atoms with Crippen LogP contribution in [-0.4, -0.2) is 33.0 Å². The lowest BCUT2D eigenvalue weighted by Gasteiger charge is -2.10. The van der Waals surface area contributed by atoms with Gasteiger partial charge in [0.2, 0.25) is 9.84 Å². The van der Waals surface area contributed by atoms with E-state index < -0.39 is 31.3 Å². The van der Waals surface area contributed by atoms with Gasteiger partial charge in [0.05, 0.1) is 16.9 Å². The molecule has 0 bridgehead atoms. The van der Waals surface area contributed by atoms with Crippen molar-refractivity contribution in [2.75, 3.05) is 19.0 Å². The molecule has 0 saturated heterocycles. The first-order valence-corrected chi connectivity index (χ1v) is 8.24. The monoisotopic (exact) mass is 350 g/mol. The molecular formula is C15H14N2O6S. The summed E-state index contributed by atoms with van der Waals surface area (Å²) in [4.78, 5) is 21.3. The maximum absolute atomic E-state index is 12.7. The highest BCUT2D eigenvalue weighted by Crippen LogP contribution is 2.35. The van der Waals surface area contributed by atoms with Gasteiger partial charge in [0.1, 0.15) is 12.2 Å². The molecule has 2 aromatic rings. The average molecular weight is 350 g/mol. The molecule has 126 valence electrons. The molecule has 1 N–H and O–H groups in total. The Balaban J connectivity index is 2.55. The first-order valence-electron chi connectivity index (χ1n) is 6.76. The third-order valence-electron chi connectivity index (χ3n) is 3.18. The lowest BCUT2D eigenvalue weighted by molar-refractivity contribution is -0.386. The average Bonchev–Trinajstić information content (AvgIpc) is 2.59. The molecule has 2 aromatic carbocycles. The van der Waals surface area contributed by atoms with Crippen LogP contribution in [0.5, 0.6) is 0 Å². The van der Waals surface area contributed by atoms with Crippen molar-refractivity contribution in [1.29, 1.82) is 0 Å². The van der Waals surface area contributed by atoms with Crippen molar-refractivity contribution >= 4 is 27.2 Å². The molecule has 0 aliphatic carbocycles. The van der Waals surface area contributed by atoms with Crippen LogP contribution in [0.25, 0.3) is 0 Å². The molecule has 0 unspecified atom stereocenters. The fraction of sp³-hybridized carbons (Fsp3) is 0.133. The third kappa shape index (κ3) is 3.51. The lowest BCUT2D eigenvalue weighted by Crippen LogP contribution is -2.16. The van der Waals surface area contributed by atoms with E-state index in [1.165, 1.54) is 43.5 Å². The van der Waals surface area contributed by atoms with Crippen LogP contribution >= 0.6 is 0 Å². The third-order valence-corrected chi connectivity index (χ3v) is 4.98. The zero-order chi connectivity index (χ0) is 17.7. The molecule has 0 spiro atoms. The van der Waals surface area contributed by atoms with Crippen LogP contribution in [0.4, 0.5) is 11.4 Å². The van der Waals surface area contributed by atoms with E-state index in [9.17, 15) is 23.3 Å². The van der Waals surface area contributed by atoms with Gasteiger partial charge < -0.3 is 10.1 Å². The molecule has 0 atom stereocenters. The van der Waals surface area contributed by atoms with Gasteiger partial charge in [0.25, 0.3) is 0 Å². The first-order chi connectivity index (χ1) is 11.4. The summed E-state index contributed by atoms with van der Waals surface area (Å²) in [5.41, 5.74) is -0.701. The predicted octanol–water partition coefficient (Wildman–Crippen LogP) is 2.01. The number of methoxy groups -OCH3 is 1. The summed E-state index contributed by atoms with van der Waals surface area (Å²) < 4.78 is 29.8. The minimum Gasteiger partial charge on any atom is -0.468 e. The van der Waals surface area contributed by atoms with Crippen LogP contribution in [0.3, 0.4) is 0 Å². The van der Waals surface area contributed by atoms with Gasteiger partial charge in [-0.05, 0) is 24.3 Å².